The second-order valence-corrected chi connectivity index (χ2v) is 6.67. The first-order valence-electron chi connectivity index (χ1n) is 7.90. The predicted octanol–water partition coefficient (Wildman–Crippen LogP) is 3.36. The molecule has 0 spiro atoms. The second-order valence-electron chi connectivity index (χ2n) is 5.75. The Labute approximate surface area is 139 Å². The molecule has 4 nitrogen and oxygen atoms in total. The molecule has 0 saturated heterocycles. The first-order chi connectivity index (χ1) is 11.2. The Balaban J connectivity index is 1.68. The maximum absolute atomic E-state index is 12.0. The summed E-state index contributed by atoms with van der Waals surface area (Å²) in [5.74, 6) is 0.742. The van der Waals surface area contributed by atoms with Crippen LogP contribution in [0.4, 0.5) is 0 Å². The standard InChI is InChI=1S/C18H21N3OS/c1-3-21(10-8-14-6-4-13(2)5-7-14)12-16-19-15-9-11-23-17(15)18(22)20-16/h4-7,9,11H,3,8,10,12H2,1-2H3,(H,19,20,22). The van der Waals surface area contributed by atoms with Gasteiger partial charge in [-0.1, -0.05) is 36.8 Å². The number of H-pyrrole nitrogens is 1. The molecule has 23 heavy (non-hydrogen) atoms. The molecule has 2 aromatic heterocycles. The fraction of sp³-hybridized carbons (Fsp3) is 0.333. The number of likely N-dealkylation sites (N-methyl/N-ethyl adjacent to an activating group) is 1. The zero-order valence-electron chi connectivity index (χ0n) is 13.5. The summed E-state index contributed by atoms with van der Waals surface area (Å²) in [5, 5.41) is 1.91. The maximum atomic E-state index is 12.0. The van der Waals surface area contributed by atoms with Crippen molar-refractivity contribution in [1.29, 1.82) is 0 Å². The first kappa shape index (κ1) is 15.9. The molecule has 0 unspecified atom stereocenters. The zero-order chi connectivity index (χ0) is 16.2. The van der Waals surface area contributed by atoms with Crippen molar-refractivity contribution in [2.75, 3.05) is 13.1 Å². The Bertz CT molecular complexity index is 835. The lowest BCUT2D eigenvalue weighted by molar-refractivity contribution is 0.276. The Morgan fingerprint density at radius 1 is 1.22 bits per heavy atom. The van der Waals surface area contributed by atoms with Crippen LogP contribution in [0.2, 0.25) is 0 Å². The highest BCUT2D eigenvalue weighted by Crippen LogP contribution is 2.14. The number of aromatic nitrogens is 2. The lowest BCUT2D eigenvalue weighted by Crippen LogP contribution is -2.27. The van der Waals surface area contributed by atoms with Crippen LogP contribution in [0.15, 0.2) is 40.5 Å². The summed E-state index contributed by atoms with van der Waals surface area (Å²) in [6.07, 6.45) is 0.999. The van der Waals surface area contributed by atoms with E-state index in [4.69, 9.17) is 0 Å². The summed E-state index contributed by atoms with van der Waals surface area (Å²) in [4.78, 5) is 21.8. The van der Waals surface area contributed by atoms with Crippen LogP contribution in [-0.2, 0) is 13.0 Å². The minimum absolute atomic E-state index is 0.0328. The molecule has 2 heterocycles. The van der Waals surface area contributed by atoms with Crippen molar-refractivity contribution in [2.24, 2.45) is 0 Å². The third-order valence-corrected chi connectivity index (χ3v) is 4.92. The van der Waals surface area contributed by atoms with Crippen molar-refractivity contribution >= 4 is 21.6 Å². The molecule has 0 radical (unpaired) electrons. The molecule has 0 aliphatic carbocycles. The van der Waals surface area contributed by atoms with Crippen LogP contribution in [0.1, 0.15) is 23.9 Å². The molecule has 0 aliphatic rings. The predicted molar refractivity (Wildman–Crippen MR) is 96.1 cm³/mol. The van der Waals surface area contributed by atoms with Crippen LogP contribution in [0, 0.1) is 6.92 Å². The SMILES string of the molecule is CCN(CCc1ccc(C)cc1)Cc1nc2ccsc2c(=O)[nH]1. The van der Waals surface area contributed by atoms with Gasteiger partial charge < -0.3 is 4.98 Å². The fourth-order valence-corrected chi connectivity index (χ4v) is 3.32. The van der Waals surface area contributed by atoms with Crippen molar-refractivity contribution < 1.29 is 0 Å². The number of rotatable bonds is 6. The lowest BCUT2D eigenvalue weighted by Gasteiger charge is -2.19. The third-order valence-electron chi connectivity index (χ3n) is 4.02. The summed E-state index contributed by atoms with van der Waals surface area (Å²) in [6.45, 7) is 6.78. The largest absolute Gasteiger partial charge is 0.308 e. The van der Waals surface area contributed by atoms with Gasteiger partial charge in [-0.3, -0.25) is 9.69 Å². The van der Waals surface area contributed by atoms with Crippen LogP contribution in [0.3, 0.4) is 0 Å². The molecule has 1 aromatic carbocycles. The number of aryl methyl sites for hydroxylation is 1. The van der Waals surface area contributed by atoms with Crippen molar-refractivity contribution in [3.05, 3.63) is 63.0 Å². The highest BCUT2D eigenvalue weighted by atomic mass is 32.1. The summed E-state index contributed by atoms with van der Waals surface area (Å²) >= 11 is 1.44. The molecule has 1 N–H and O–H groups in total. The summed E-state index contributed by atoms with van der Waals surface area (Å²) in [7, 11) is 0. The molecule has 120 valence electrons. The van der Waals surface area contributed by atoms with E-state index >= 15 is 0 Å². The van der Waals surface area contributed by atoms with E-state index in [1.807, 2.05) is 11.4 Å². The average Bonchev–Trinajstić information content (AvgIpc) is 3.02. The third kappa shape index (κ3) is 3.86. The Hall–Kier alpha value is -1.98. The molecule has 0 aliphatic heterocycles. The normalized spacial score (nSPS) is 11.4. The summed E-state index contributed by atoms with van der Waals surface area (Å²) < 4.78 is 0.705. The minimum Gasteiger partial charge on any atom is -0.308 e. The molecule has 3 rings (SSSR count). The van der Waals surface area contributed by atoms with Crippen molar-refractivity contribution in [3.8, 4) is 0 Å². The minimum atomic E-state index is -0.0328. The van der Waals surface area contributed by atoms with Gasteiger partial charge in [0.25, 0.3) is 5.56 Å². The number of benzene rings is 1. The first-order valence-corrected chi connectivity index (χ1v) is 8.78. The van der Waals surface area contributed by atoms with E-state index in [0.717, 1.165) is 30.9 Å². The van der Waals surface area contributed by atoms with Gasteiger partial charge in [0.2, 0.25) is 0 Å². The summed E-state index contributed by atoms with van der Waals surface area (Å²) in [5.41, 5.74) is 3.38. The van der Waals surface area contributed by atoms with Gasteiger partial charge in [-0.25, -0.2) is 4.98 Å². The molecule has 0 bridgehead atoms. The Kier molecular flexibility index (Phi) is 4.88. The molecular weight excluding hydrogens is 306 g/mol. The van der Waals surface area contributed by atoms with E-state index in [1.165, 1.54) is 22.5 Å². The number of nitrogens with one attached hydrogen (secondary N) is 1. The number of hydrogen-bond donors (Lipinski definition) is 1. The number of aromatic amines is 1. The number of thiophene rings is 1. The molecule has 0 saturated carbocycles. The van der Waals surface area contributed by atoms with Gasteiger partial charge in [0.05, 0.1) is 12.1 Å². The molecule has 0 fully saturated rings. The van der Waals surface area contributed by atoms with E-state index in [2.05, 4.69) is 53.0 Å². The van der Waals surface area contributed by atoms with Crippen molar-refractivity contribution in [2.45, 2.75) is 26.8 Å². The smallest absolute Gasteiger partial charge is 0.268 e. The molecule has 0 amide bonds. The highest BCUT2D eigenvalue weighted by Gasteiger charge is 2.09. The van der Waals surface area contributed by atoms with Gasteiger partial charge in [-0.2, -0.15) is 0 Å². The molecular formula is C18H21N3OS. The topological polar surface area (TPSA) is 49.0 Å². The van der Waals surface area contributed by atoms with E-state index < -0.39 is 0 Å². The van der Waals surface area contributed by atoms with Crippen molar-refractivity contribution in [3.63, 3.8) is 0 Å². The van der Waals surface area contributed by atoms with Gasteiger partial charge in [-0.05, 0) is 36.9 Å². The van der Waals surface area contributed by atoms with E-state index in [0.29, 0.717) is 11.2 Å². The Morgan fingerprint density at radius 2 is 2.00 bits per heavy atom. The van der Waals surface area contributed by atoms with Gasteiger partial charge in [0.1, 0.15) is 10.5 Å². The van der Waals surface area contributed by atoms with Crippen LogP contribution >= 0.6 is 11.3 Å². The molecule has 3 aromatic rings. The number of fused-ring (bicyclic) bond motifs is 1. The average molecular weight is 327 g/mol. The monoisotopic (exact) mass is 327 g/mol. The van der Waals surface area contributed by atoms with Gasteiger partial charge >= 0.3 is 0 Å². The number of nitrogens with zero attached hydrogens (tertiary/aromatic N) is 2. The quantitative estimate of drug-likeness (QED) is 0.755. The lowest BCUT2D eigenvalue weighted by atomic mass is 10.1. The van der Waals surface area contributed by atoms with Crippen LogP contribution in [0.5, 0.6) is 0 Å². The number of hydrogen-bond acceptors (Lipinski definition) is 4. The Morgan fingerprint density at radius 3 is 2.74 bits per heavy atom. The van der Waals surface area contributed by atoms with Crippen molar-refractivity contribution in [1.82, 2.24) is 14.9 Å². The highest BCUT2D eigenvalue weighted by molar-refractivity contribution is 7.17. The van der Waals surface area contributed by atoms with Gasteiger partial charge in [0.15, 0.2) is 0 Å². The van der Waals surface area contributed by atoms with E-state index in [1.54, 1.807) is 0 Å². The van der Waals surface area contributed by atoms with Gasteiger partial charge in [-0.15, -0.1) is 11.3 Å². The summed E-state index contributed by atoms with van der Waals surface area (Å²) in [6, 6.07) is 10.6. The van der Waals surface area contributed by atoms with Crippen LogP contribution in [0.25, 0.3) is 10.2 Å². The molecule has 0 atom stereocenters. The van der Waals surface area contributed by atoms with E-state index in [-0.39, 0.29) is 5.56 Å². The van der Waals surface area contributed by atoms with E-state index in [9.17, 15) is 4.79 Å². The maximum Gasteiger partial charge on any atom is 0.268 e. The van der Waals surface area contributed by atoms with Gasteiger partial charge in [0, 0.05) is 6.54 Å². The second kappa shape index (κ2) is 7.06. The zero-order valence-corrected chi connectivity index (χ0v) is 14.3. The van der Waals surface area contributed by atoms with Crippen LogP contribution in [-0.4, -0.2) is 28.0 Å². The van der Waals surface area contributed by atoms with Crippen LogP contribution < -0.4 is 5.56 Å². The molecule has 5 heteroatoms. The fourth-order valence-electron chi connectivity index (χ4n) is 2.60.